The highest BCUT2D eigenvalue weighted by Gasteiger charge is 2.08. The molecule has 0 saturated heterocycles. The Labute approximate surface area is 175 Å². The van der Waals surface area contributed by atoms with Crippen LogP contribution in [0.25, 0.3) is 0 Å². The minimum atomic E-state index is -0.377. The van der Waals surface area contributed by atoms with Crippen molar-refractivity contribution in [3.05, 3.63) is 59.2 Å². The van der Waals surface area contributed by atoms with Gasteiger partial charge in [0, 0.05) is 11.4 Å². The van der Waals surface area contributed by atoms with Gasteiger partial charge in [0.05, 0.1) is 18.1 Å². The molecule has 0 aliphatic carbocycles. The lowest BCUT2D eigenvalue weighted by Crippen LogP contribution is -2.45. The quantitative estimate of drug-likeness (QED) is 0.498. The van der Waals surface area contributed by atoms with Gasteiger partial charge in [0.25, 0.3) is 5.91 Å². The molecule has 0 heterocycles. The van der Waals surface area contributed by atoms with Gasteiger partial charge >= 0.3 is 0 Å². The van der Waals surface area contributed by atoms with Gasteiger partial charge in [-0.3, -0.25) is 25.2 Å². The summed E-state index contributed by atoms with van der Waals surface area (Å²) < 4.78 is 0. The van der Waals surface area contributed by atoms with Crippen molar-refractivity contribution >= 4 is 40.9 Å². The number of amides is 3. The topological polar surface area (TPSA) is 99.3 Å². The third-order valence-electron chi connectivity index (χ3n) is 3.93. The fourth-order valence-corrected chi connectivity index (χ4v) is 3.18. The zero-order chi connectivity index (χ0) is 21.2. The van der Waals surface area contributed by atoms with Gasteiger partial charge in [-0.2, -0.15) is 0 Å². The molecule has 7 nitrogen and oxygen atoms in total. The Morgan fingerprint density at radius 1 is 0.828 bits per heavy atom. The van der Waals surface area contributed by atoms with E-state index >= 15 is 0 Å². The molecule has 3 amide bonds. The number of rotatable bonds is 8. The Morgan fingerprint density at radius 2 is 1.52 bits per heavy atom. The summed E-state index contributed by atoms with van der Waals surface area (Å²) in [6.07, 6.45) is 0. The molecule has 0 bridgehead atoms. The molecule has 4 N–H and O–H groups in total. The molecule has 0 atom stereocenters. The first-order chi connectivity index (χ1) is 13.8. The summed E-state index contributed by atoms with van der Waals surface area (Å²) in [4.78, 5) is 35.5. The van der Waals surface area contributed by atoms with Crippen LogP contribution in [0.4, 0.5) is 11.4 Å². The van der Waals surface area contributed by atoms with Crippen molar-refractivity contribution in [2.75, 3.05) is 28.7 Å². The zero-order valence-corrected chi connectivity index (χ0v) is 17.6. The van der Waals surface area contributed by atoms with E-state index in [-0.39, 0.29) is 35.8 Å². The second-order valence-corrected chi connectivity index (χ2v) is 7.66. The van der Waals surface area contributed by atoms with Crippen LogP contribution in [-0.2, 0) is 14.4 Å². The first kappa shape index (κ1) is 22.3. The predicted octanol–water partition coefficient (Wildman–Crippen LogP) is 2.54. The molecular formula is C21H26N4O3S. The number of hydrazine groups is 1. The summed E-state index contributed by atoms with van der Waals surface area (Å²) >= 11 is 1.17. The summed E-state index contributed by atoms with van der Waals surface area (Å²) in [5, 5.41) is 5.80. The van der Waals surface area contributed by atoms with Crippen LogP contribution in [0.2, 0.25) is 0 Å². The second kappa shape index (κ2) is 11.1. The van der Waals surface area contributed by atoms with Gasteiger partial charge in [0.15, 0.2) is 0 Å². The minimum Gasteiger partial charge on any atom is -0.376 e. The molecular weight excluding hydrogens is 388 g/mol. The molecule has 0 fully saturated rings. The van der Waals surface area contributed by atoms with Crippen LogP contribution in [0.1, 0.15) is 16.7 Å². The maximum Gasteiger partial charge on any atom is 0.257 e. The summed E-state index contributed by atoms with van der Waals surface area (Å²) in [6, 6.07) is 13.4. The lowest BCUT2D eigenvalue weighted by molar-refractivity contribution is -0.126. The number of hydrogen-bond acceptors (Lipinski definition) is 5. The lowest BCUT2D eigenvalue weighted by atomic mass is 10.1. The number of nitrogens with one attached hydrogen (secondary N) is 4. The van der Waals surface area contributed by atoms with Crippen LogP contribution in [0.3, 0.4) is 0 Å². The van der Waals surface area contributed by atoms with E-state index in [2.05, 4.69) is 21.5 Å². The van der Waals surface area contributed by atoms with Gasteiger partial charge in [-0.1, -0.05) is 29.8 Å². The third kappa shape index (κ3) is 8.27. The fraction of sp³-hybridized carbons (Fsp3) is 0.286. The maximum absolute atomic E-state index is 11.9. The Hall–Kier alpha value is -3.00. The molecule has 0 spiro atoms. The van der Waals surface area contributed by atoms with Gasteiger partial charge in [-0.15, -0.1) is 11.8 Å². The summed E-state index contributed by atoms with van der Waals surface area (Å²) in [5.74, 6) is -0.718. The van der Waals surface area contributed by atoms with Crippen molar-refractivity contribution in [3.63, 3.8) is 0 Å². The van der Waals surface area contributed by atoms with Gasteiger partial charge in [-0.25, -0.2) is 0 Å². The van der Waals surface area contributed by atoms with Gasteiger partial charge in [-0.05, 0) is 50.1 Å². The fourth-order valence-electron chi connectivity index (χ4n) is 2.56. The van der Waals surface area contributed by atoms with E-state index in [0.717, 1.165) is 28.1 Å². The van der Waals surface area contributed by atoms with Crippen LogP contribution in [-0.4, -0.2) is 35.8 Å². The average molecular weight is 415 g/mol. The van der Waals surface area contributed by atoms with Crippen LogP contribution in [0, 0.1) is 20.8 Å². The maximum atomic E-state index is 11.9. The van der Waals surface area contributed by atoms with E-state index in [1.807, 2.05) is 63.2 Å². The average Bonchev–Trinajstić information content (AvgIpc) is 2.65. The highest BCUT2D eigenvalue weighted by Crippen LogP contribution is 2.15. The molecule has 154 valence electrons. The zero-order valence-electron chi connectivity index (χ0n) is 16.8. The molecule has 8 heteroatoms. The summed E-state index contributed by atoms with van der Waals surface area (Å²) in [7, 11) is 0. The van der Waals surface area contributed by atoms with Crippen LogP contribution in [0.15, 0.2) is 42.5 Å². The standard InChI is InChI=1S/C21H26N4O3S/c1-14-5-4-6-17(10-14)23-20(27)12-29-13-21(28)25-24-19(26)11-22-18-8-7-15(2)9-16(18)3/h4-10,22H,11-13H2,1-3H3,(H,23,27)(H,24,26)(H,25,28). The van der Waals surface area contributed by atoms with Crippen molar-refractivity contribution in [2.45, 2.75) is 20.8 Å². The first-order valence-corrected chi connectivity index (χ1v) is 10.3. The molecule has 2 aromatic rings. The number of thioether (sulfide) groups is 1. The number of carbonyl (C=O) groups excluding carboxylic acids is 3. The molecule has 2 aromatic carbocycles. The summed E-state index contributed by atoms with van der Waals surface area (Å²) in [6.45, 7) is 5.95. The van der Waals surface area contributed by atoms with Crippen molar-refractivity contribution in [2.24, 2.45) is 0 Å². The largest absolute Gasteiger partial charge is 0.376 e. The van der Waals surface area contributed by atoms with E-state index in [0.29, 0.717) is 0 Å². The van der Waals surface area contributed by atoms with Gasteiger partial charge < -0.3 is 10.6 Å². The summed E-state index contributed by atoms with van der Waals surface area (Å²) in [5.41, 5.74) is 9.53. The Balaban J connectivity index is 1.61. The van der Waals surface area contributed by atoms with Gasteiger partial charge in [0.1, 0.15) is 0 Å². The minimum absolute atomic E-state index is 0.0379. The molecule has 29 heavy (non-hydrogen) atoms. The molecule has 0 aromatic heterocycles. The van der Waals surface area contributed by atoms with E-state index in [9.17, 15) is 14.4 Å². The van der Waals surface area contributed by atoms with E-state index < -0.39 is 0 Å². The molecule has 0 unspecified atom stereocenters. The number of benzene rings is 2. The van der Waals surface area contributed by atoms with Crippen molar-refractivity contribution in [1.29, 1.82) is 0 Å². The van der Waals surface area contributed by atoms with E-state index in [4.69, 9.17) is 0 Å². The van der Waals surface area contributed by atoms with E-state index in [1.165, 1.54) is 11.8 Å². The number of carbonyl (C=O) groups is 3. The number of anilines is 2. The van der Waals surface area contributed by atoms with Crippen LogP contribution in [0.5, 0.6) is 0 Å². The first-order valence-electron chi connectivity index (χ1n) is 9.16. The SMILES string of the molecule is Cc1cccc(NC(=O)CSCC(=O)NNC(=O)CNc2ccc(C)cc2C)c1. The smallest absolute Gasteiger partial charge is 0.257 e. The lowest BCUT2D eigenvalue weighted by Gasteiger charge is -2.11. The van der Waals surface area contributed by atoms with Crippen molar-refractivity contribution in [1.82, 2.24) is 10.9 Å². The monoisotopic (exact) mass is 414 g/mol. The molecule has 2 rings (SSSR count). The van der Waals surface area contributed by atoms with Crippen molar-refractivity contribution in [3.8, 4) is 0 Å². The third-order valence-corrected chi connectivity index (χ3v) is 4.86. The molecule has 0 aliphatic rings. The Morgan fingerprint density at radius 3 is 2.24 bits per heavy atom. The Bertz CT molecular complexity index is 886. The predicted molar refractivity (Wildman–Crippen MR) is 118 cm³/mol. The number of hydrogen-bond donors (Lipinski definition) is 4. The number of aryl methyl sites for hydroxylation is 3. The highest BCUT2D eigenvalue weighted by atomic mass is 32.2. The highest BCUT2D eigenvalue weighted by molar-refractivity contribution is 8.00. The Kier molecular flexibility index (Phi) is 8.54. The van der Waals surface area contributed by atoms with Crippen LogP contribution >= 0.6 is 11.8 Å². The normalized spacial score (nSPS) is 10.2. The van der Waals surface area contributed by atoms with E-state index in [1.54, 1.807) is 0 Å². The van der Waals surface area contributed by atoms with Crippen LogP contribution < -0.4 is 21.5 Å². The molecule has 0 saturated carbocycles. The molecule has 0 radical (unpaired) electrons. The molecule has 0 aliphatic heterocycles. The van der Waals surface area contributed by atoms with Gasteiger partial charge in [0.2, 0.25) is 11.8 Å². The van der Waals surface area contributed by atoms with Crippen molar-refractivity contribution < 1.29 is 14.4 Å². The second-order valence-electron chi connectivity index (χ2n) is 6.68.